The zero-order valence-corrected chi connectivity index (χ0v) is 19.6. The SMILES string of the molecule is O=C(NCC1(N2CCOCC2)CCSC1)c1ccccc1CSc1nc2ccccc2[nH]1. The Bertz CT molecular complexity index is 1040. The molecule has 1 amide bonds. The first kappa shape index (κ1) is 21.8. The fourth-order valence-electron chi connectivity index (χ4n) is 4.49. The van der Waals surface area contributed by atoms with E-state index in [2.05, 4.69) is 20.2 Å². The van der Waals surface area contributed by atoms with E-state index in [9.17, 15) is 4.79 Å². The lowest BCUT2D eigenvalue weighted by Crippen LogP contribution is -2.59. The van der Waals surface area contributed by atoms with Crippen LogP contribution in [-0.4, -0.2) is 70.7 Å². The number of hydrogen-bond acceptors (Lipinski definition) is 6. The van der Waals surface area contributed by atoms with Gasteiger partial charge in [-0.3, -0.25) is 9.69 Å². The quantitative estimate of drug-likeness (QED) is 0.514. The number of rotatable bonds is 7. The summed E-state index contributed by atoms with van der Waals surface area (Å²) in [5, 5.41) is 4.14. The minimum atomic E-state index is 0.00957. The largest absolute Gasteiger partial charge is 0.379 e. The highest BCUT2D eigenvalue weighted by atomic mass is 32.2. The molecule has 3 heterocycles. The first-order valence-corrected chi connectivity index (χ1v) is 13.2. The van der Waals surface area contributed by atoms with Crippen LogP contribution in [0.2, 0.25) is 0 Å². The summed E-state index contributed by atoms with van der Waals surface area (Å²) >= 11 is 3.61. The number of nitrogens with one attached hydrogen (secondary N) is 2. The van der Waals surface area contributed by atoms with Gasteiger partial charge in [-0.1, -0.05) is 42.1 Å². The minimum Gasteiger partial charge on any atom is -0.379 e. The van der Waals surface area contributed by atoms with Gasteiger partial charge in [0, 0.05) is 42.2 Å². The Morgan fingerprint density at radius 1 is 1.19 bits per heavy atom. The zero-order chi connectivity index (χ0) is 21.8. The Balaban J connectivity index is 1.26. The summed E-state index contributed by atoms with van der Waals surface area (Å²) in [6, 6.07) is 15.9. The number of morpholine rings is 1. The van der Waals surface area contributed by atoms with Gasteiger partial charge in [-0.05, 0) is 35.9 Å². The molecule has 5 rings (SSSR count). The van der Waals surface area contributed by atoms with Gasteiger partial charge in [0.25, 0.3) is 5.91 Å². The molecule has 1 atom stereocenters. The van der Waals surface area contributed by atoms with Gasteiger partial charge in [0.1, 0.15) is 0 Å². The van der Waals surface area contributed by atoms with Crippen molar-refractivity contribution < 1.29 is 9.53 Å². The second kappa shape index (κ2) is 9.87. The summed E-state index contributed by atoms with van der Waals surface area (Å²) in [6.45, 7) is 4.14. The van der Waals surface area contributed by atoms with Gasteiger partial charge < -0.3 is 15.0 Å². The molecular formula is C24H28N4O2S2. The molecule has 2 fully saturated rings. The van der Waals surface area contributed by atoms with Gasteiger partial charge >= 0.3 is 0 Å². The number of fused-ring (bicyclic) bond motifs is 1. The number of aromatic amines is 1. The molecule has 0 spiro atoms. The third-order valence-corrected chi connectivity index (χ3v) is 8.49. The standard InChI is InChI=1S/C24H28N4O2S2/c29-22(25-16-24(9-14-31-17-24)28-10-12-30-13-11-28)19-6-2-1-5-18(19)15-32-23-26-20-7-3-4-8-21(20)27-23/h1-8H,9-17H2,(H,25,29)(H,26,27). The molecule has 1 aromatic heterocycles. The average molecular weight is 469 g/mol. The van der Waals surface area contributed by atoms with Gasteiger partial charge in [-0.25, -0.2) is 4.98 Å². The molecule has 6 nitrogen and oxygen atoms in total. The van der Waals surface area contributed by atoms with Crippen LogP contribution < -0.4 is 5.32 Å². The van der Waals surface area contributed by atoms with Crippen LogP contribution in [0.3, 0.4) is 0 Å². The lowest BCUT2D eigenvalue weighted by atomic mass is 9.95. The number of ether oxygens (including phenoxy) is 1. The third kappa shape index (κ3) is 4.69. The first-order valence-electron chi connectivity index (χ1n) is 11.1. The van der Waals surface area contributed by atoms with Crippen molar-refractivity contribution in [2.45, 2.75) is 22.9 Å². The Labute approximate surface area is 196 Å². The molecule has 168 valence electrons. The second-order valence-electron chi connectivity index (χ2n) is 8.31. The molecule has 0 radical (unpaired) electrons. The number of carbonyl (C=O) groups excluding carboxylic acids is 1. The molecule has 2 saturated heterocycles. The minimum absolute atomic E-state index is 0.00957. The van der Waals surface area contributed by atoms with Crippen LogP contribution in [0.5, 0.6) is 0 Å². The van der Waals surface area contributed by atoms with Crippen molar-refractivity contribution >= 4 is 40.5 Å². The normalized spacial score (nSPS) is 21.8. The molecule has 1 unspecified atom stereocenters. The van der Waals surface area contributed by atoms with Crippen molar-refractivity contribution in [3.05, 3.63) is 59.7 Å². The summed E-state index contributed by atoms with van der Waals surface area (Å²) in [7, 11) is 0. The molecular weight excluding hydrogens is 440 g/mol. The number of imidazole rings is 1. The molecule has 2 aliphatic heterocycles. The first-order chi connectivity index (χ1) is 15.7. The van der Waals surface area contributed by atoms with E-state index >= 15 is 0 Å². The lowest BCUT2D eigenvalue weighted by molar-refractivity contribution is -0.0129. The van der Waals surface area contributed by atoms with Crippen molar-refractivity contribution in [2.75, 3.05) is 44.4 Å². The van der Waals surface area contributed by atoms with Crippen LogP contribution in [0.1, 0.15) is 22.3 Å². The van der Waals surface area contributed by atoms with Crippen molar-refractivity contribution in [1.82, 2.24) is 20.2 Å². The van der Waals surface area contributed by atoms with Gasteiger partial charge in [0.05, 0.1) is 24.2 Å². The van der Waals surface area contributed by atoms with Crippen molar-refractivity contribution in [1.29, 1.82) is 0 Å². The van der Waals surface area contributed by atoms with E-state index in [1.165, 1.54) is 0 Å². The summed E-state index contributed by atoms with van der Waals surface area (Å²) in [5.41, 5.74) is 3.81. The zero-order valence-electron chi connectivity index (χ0n) is 18.0. The Hall–Kier alpha value is -2.00. The summed E-state index contributed by atoms with van der Waals surface area (Å²) < 4.78 is 5.55. The van der Waals surface area contributed by atoms with Crippen LogP contribution in [0.4, 0.5) is 0 Å². The maximum Gasteiger partial charge on any atom is 0.251 e. The van der Waals surface area contributed by atoms with Gasteiger partial charge in [0.2, 0.25) is 0 Å². The highest BCUT2D eigenvalue weighted by Crippen LogP contribution is 2.34. The number of aromatic nitrogens is 2. The maximum absolute atomic E-state index is 13.2. The average Bonchev–Trinajstić information content (AvgIpc) is 3.49. The summed E-state index contributed by atoms with van der Waals surface area (Å²) in [4.78, 5) is 23.7. The van der Waals surface area contributed by atoms with Crippen LogP contribution in [0, 0.1) is 0 Å². The Morgan fingerprint density at radius 2 is 2.00 bits per heavy atom. The van der Waals surface area contributed by atoms with Gasteiger partial charge in [-0.15, -0.1) is 0 Å². The topological polar surface area (TPSA) is 70.2 Å². The van der Waals surface area contributed by atoms with E-state index in [-0.39, 0.29) is 11.4 Å². The van der Waals surface area contributed by atoms with Crippen LogP contribution in [-0.2, 0) is 10.5 Å². The molecule has 0 bridgehead atoms. The number of para-hydroxylation sites is 2. The fourth-order valence-corrected chi connectivity index (χ4v) is 6.85. The Morgan fingerprint density at radius 3 is 2.81 bits per heavy atom. The fraction of sp³-hybridized carbons (Fsp3) is 0.417. The van der Waals surface area contributed by atoms with E-state index in [0.29, 0.717) is 12.3 Å². The third-order valence-electron chi connectivity index (χ3n) is 6.34. The van der Waals surface area contributed by atoms with Crippen LogP contribution in [0.25, 0.3) is 11.0 Å². The molecule has 2 N–H and O–H groups in total. The number of amides is 1. The molecule has 0 saturated carbocycles. The number of H-pyrrole nitrogens is 1. The van der Waals surface area contributed by atoms with E-state index in [0.717, 1.165) is 71.5 Å². The van der Waals surface area contributed by atoms with E-state index in [4.69, 9.17) is 4.74 Å². The van der Waals surface area contributed by atoms with Gasteiger partial charge in [-0.2, -0.15) is 11.8 Å². The number of nitrogens with zero attached hydrogens (tertiary/aromatic N) is 2. The second-order valence-corrected chi connectivity index (χ2v) is 10.4. The monoisotopic (exact) mass is 468 g/mol. The summed E-state index contributed by atoms with van der Waals surface area (Å²) in [5.74, 6) is 2.91. The van der Waals surface area contributed by atoms with Crippen molar-refractivity contribution in [2.24, 2.45) is 0 Å². The number of benzene rings is 2. The molecule has 8 heteroatoms. The molecule has 32 heavy (non-hydrogen) atoms. The van der Waals surface area contributed by atoms with E-state index < -0.39 is 0 Å². The predicted molar refractivity (Wildman–Crippen MR) is 131 cm³/mol. The highest BCUT2D eigenvalue weighted by Gasteiger charge is 2.41. The maximum atomic E-state index is 13.2. The smallest absolute Gasteiger partial charge is 0.251 e. The molecule has 3 aromatic rings. The van der Waals surface area contributed by atoms with Crippen LogP contribution >= 0.6 is 23.5 Å². The van der Waals surface area contributed by atoms with Crippen LogP contribution in [0.15, 0.2) is 53.7 Å². The number of carbonyl (C=O) groups is 1. The number of hydrogen-bond donors (Lipinski definition) is 2. The predicted octanol–water partition coefficient (Wildman–Crippen LogP) is 3.79. The molecule has 2 aliphatic rings. The molecule has 0 aliphatic carbocycles. The van der Waals surface area contributed by atoms with E-state index in [1.54, 1.807) is 11.8 Å². The Kier molecular flexibility index (Phi) is 6.73. The van der Waals surface area contributed by atoms with Gasteiger partial charge in [0.15, 0.2) is 5.16 Å². The summed E-state index contributed by atoms with van der Waals surface area (Å²) in [6.07, 6.45) is 1.11. The number of thioether (sulfide) groups is 2. The van der Waals surface area contributed by atoms with Crippen molar-refractivity contribution in [3.63, 3.8) is 0 Å². The molecule has 2 aromatic carbocycles. The van der Waals surface area contributed by atoms with Crippen molar-refractivity contribution in [3.8, 4) is 0 Å². The highest BCUT2D eigenvalue weighted by molar-refractivity contribution is 7.99. The lowest BCUT2D eigenvalue weighted by Gasteiger charge is -2.43. The van der Waals surface area contributed by atoms with E-state index in [1.807, 2.05) is 60.3 Å².